The minimum Gasteiger partial charge on any atom is -0.396 e. The molecule has 3 nitrogen and oxygen atoms in total. The van der Waals surface area contributed by atoms with Crippen LogP contribution >= 0.6 is 0 Å². The molecule has 1 heterocycles. The summed E-state index contributed by atoms with van der Waals surface area (Å²) in [5.41, 5.74) is 1.11. The lowest BCUT2D eigenvalue weighted by molar-refractivity contribution is 0.242. The molecule has 0 bridgehead atoms. The summed E-state index contributed by atoms with van der Waals surface area (Å²) in [6.07, 6.45) is 3.77. The van der Waals surface area contributed by atoms with Crippen LogP contribution in [0.15, 0.2) is 24.4 Å². The summed E-state index contributed by atoms with van der Waals surface area (Å²) in [7, 11) is 0. The molecule has 1 rings (SSSR count). The van der Waals surface area contributed by atoms with Gasteiger partial charge in [-0.3, -0.25) is 9.88 Å². The third-order valence-corrected chi connectivity index (χ3v) is 2.44. The monoisotopic (exact) mass is 208 g/mol. The number of hydrogen-bond donors (Lipinski definition) is 1. The van der Waals surface area contributed by atoms with Crippen molar-refractivity contribution < 1.29 is 5.11 Å². The maximum atomic E-state index is 8.71. The van der Waals surface area contributed by atoms with Crippen LogP contribution in [0.4, 0.5) is 0 Å². The molecule has 1 aromatic heterocycles. The molecular weight excluding hydrogens is 188 g/mol. The zero-order valence-corrected chi connectivity index (χ0v) is 9.39. The van der Waals surface area contributed by atoms with Gasteiger partial charge in [0.1, 0.15) is 0 Å². The predicted octanol–water partition coefficient (Wildman–Crippen LogP) is 1.68. The summed E-state index contributed by atoms with van der Waals surface area (Å²) < 4.78 is 0. The first-order valence-corrected chi connectivity index (χ1v) is 5.60. The van der Waals surface area contributed by atoms with Crippen molar-refractivity contribution in [3.63, 3.8) is 0 Å². The molecule has 0 aromatic carbocycles. The fourth-order valence-corrected chi connectivity index (χ4v) is 1.52. The molecule has 0 fully saturated rings. The van der Waals surface area contributed by atoms with Crippen LogP contribution in [0.5, 0.6) is 0 Å². The van der Waals surface area contributed by atoms with Crippen molar-refractivity contribution in [1.82, 2.24) is 9.88 Å². The SMILES string of the molecule is CCN(CCCCO)Cc1ccccn1. The lowest BCUT2D eigenvalue weighted by Gasteiger charge is -2.19. The highest BCUT2D eigenvalue weighted by atomic mass is 16.2. The Kier molecular flexibility index (Phi) is 5.97. The molecule has 0 aliphatic rings. The highest BCUT2D eigenvalue weighted by Crippen LogP contribution is 2.02. The van der Waals surface area contributed by atoms with E-state index in [1.807, 2.05) is 18.3 Å². The summed E-state index contributed by atoms with van der Waals surface area (Å²) in [6.45, 7) is 5.42. The van der Waals surface area contributed by atoms with Crippen LogP contribution in [-0.2, 0) is 6.54 Å². The van der Waals surface area contributed by atoms with Crippen LogP contribution in [0.25, 0.3) is 0 Å². The number of pyridine rings is 1. The second-order valence-electron chi connectivity index (χ2n) is 3.62. The molecule has 0 spiro atoms. The zero-order valence-electron chi connectivity index (χ0n) is 9.39. The van der Waals surface area contributed by atoms with E-state index >= 15 is 0 Å². The largest absolute Gasteiger partial charge is 0.396 e. The topological polar surface area (TPSA) is 36.4 Å². The molecule has 84 valence electrons. The summed E-state index contributed by atoms with van der Waals surface area (Å²) in [5, 5.41) is 8.71. The van der Waals surface area contributed by atoms with E-state index in [0.717, 1.165) is 38.2 Å². The smallest absolute Gasteiger partial charge is 0.0543 e. The number of hydrogen-bond acceptors (Lipinski definition) is 3. The lowest BCUT2D eigenvalue weighted by Crippen LogP contribution is -2.24. The summed E-state index contributed by atoms with van der Waals surface area (Å²) >= 11 is 0. The first-order valence-electron chi connectivity index (χ1n) is 5.60. The molecule has 1 N–H and O–H groups in total. The van der Waals surface area contributed by atoms with Gasteiger partial charge in [-0.05, 0) is 38.1 Å². The van der Waals surface area contributed by atoms with E-state index in [-0.39, 0.29) is 0 Å². The van der Waals surface area contributed by atoms with E-state index in [9.17, 15) is 0 Å². The fourth-order valence-electron chi connectivity index (χ4n) is 1.52. The Morgan fingerprint density at radius 3 is 2.80 bits per heavy atom. The van der Waals surface area contributed by atoms with Crippen molar-refractivity contribution in [2.24, 2.45) is 0 Å². The van der Waals surface area contributed by atoms with Crippen LogP contribution in [-0.4, -0.2) is 34.7 Å². The highest BCUT2D eigenvalue weighted by Gasteiger charge is 2.03. The minimum absolute atomic E-state index is 0.293. The van der Waals surface area contributed by atoms with Gasteiger partial charge >= 0.3 is 0 Å². The molecule has 0 saturated heterocycles. The number of rotatable bonds is 7. The van der Waals surface area contributed by atoms with E-state index in [1.54, 1.807) is 0 Å². The number of nitrogens with zero attached hydrogens (tertiary/aromatic N) is 2. The van der Waals surface area contributed by atoms with Gasteiger partial charge in [-0.15, -0.1) is 0 Å². The Labute approximate surface area is 91.8 Å². The van der Waals surface area contributed by atoms with Crippen LogP contribution in [0.3, 0.4) is 0 Å². The van der Waals surface area contributed by atoms with Gasteiger partial charge < -0.3 is 5.11 Å². The average molecular weight is 208 g/mol. The summed E-state index contributed by atoms with van der Waals surface area (Å²) in [4.78, 5) is 6.65. The fraction of sp³-hybridized carbons (Fsp3) is 0.583. The van der Waals surface area contributed by atoms with E-state index < -0.39 is 0 Å². The van der Waals surface area contributed by atoms with E-state index in [4.69, 9.17) is 5.11 Å². The first-order chi connectivity index (χ1) is 7.36. The van der Waals surface area contributed by atoms with Gasteiger partial charge in [0.05, 0.1) is 5.69 Å². The second-order valence-corrected chi connectivity index (χ2v) is 3.62. The van der Waals surface area contributed by atoms with Gasteiger partial charge in [-0.25, -0.2) is 0 Å². The molecule has 0 saturated carbocycles. The van der Waals surface area contributed by atoms with Crippen molar-refractivity contribution >= 4 is 0 Å². The summed E-state index contributed by atoms with van der Waals surface area (Å²) in [5.74, 6) is 0. The lowest BCUT2D eigenvalue weighted by atomic mass is 10.2. The number of aliphatic hydroxyl groups is 1. The van der Waals surface area contributed by atoms with Gasteiger partial charge in [-0.2, -0.15) is 0 Å². The Hall–Kier alpha value is -0.930. The Morgan fingerprint density at radius 1 is 1.33 bits per heavy atom. The Balaban J connectivity index is 2.33. The quantitative estimate of drug-likeness (QED) is 0.693. The Morgan fingerprint density at radius 2 is 2.20 bits per heavy atom. The molecule has 15 heavy (non-hydrogen) atoms. The van der Waals surface area contributed by atoms with Gasteiger partial charge in [0, 0.05) is 19.3 Å². The van der Waals surface area contributed by atoms with E-state index in [0.29, 0.717) is 6.61 Å². The average Bonchev–Trinajstić information content (AvgIpc) is 2.29. The van der Waals surface area contributed by atoms with Gasteiger partial charge in [-0.1, -0.05) is 13.0 Å². The third-order valence-electron chi connectivity index (χ3n) is 2.44. The maximum absolute atomic E-state index is 8.71. The number of unbranched alkanes of at least 4 members (excludes halogenated alkanes) is 1. The van der Waals surface area contributed by atoms with Gasteiger partial charge in [0.2, 0.25) is 0 Å². The van der Waals surface area contributed by atoms with Crippen LogP contribution < -0.4 is 0 Å². The third kappa shape index (κ3) is 4.91. The molecule has 0 radical (unpaired) electrons. The second kappa shape index (κ2) is 7.37. The molecule has 1 aromatic rings. The molecule has 0 amide bonds. The van der Waals surface area contributed by atoms with Crippen LogP contribution in [0, 0.1) is 0 Å². The van der Waals surface area contributed by atoms with Gasteiger partial charge in [0.25, 0.3) is 0 Å². The zero-order chi connectivity index (χ0) is 10.9. The Bertz CT molecular complexity index is 251. The number of aromatic nitrogens is 1. The molecule has 0 unspecified atom stereocenters. The van der Waals surface area contributed by atoms with E-state index in [2.05, 4.69) is 22.9 Å². The van der Waals surface area contributed by atoms with Crippen LogP contribution in [0.2, 0.25) is 0 Å². The number of aliphatic hydroxyl groups excluding tert-OH is 1. The summed E-state index contributed by atoms with van der Waals surface area (Å²) in [6, 6.07) is 6.00. The highest BCUT2D eigenvalue weighted by molar-refractivity contribution is 5.03. The molecule has 0 atom stereocenters. The molecule has 0 aliphatic carbocycles. The molecule has 0 aliphatic heterocycles. The van der Waals surface area contributed by atoms with Crippen molar-refractivity contribution in [2.45, 2.75) is 26.3 Å². The molecule has 3 heteroatoms. The van der Waals surface area contributed by atoms with Crippen molar-refractivity contribution in [2.75, 3.05) is 19.7 Å². The standard InChI is InChI=1S/C12H20N2O/c1-2-14(9-5-6-10-15)11-12-7-3-4-8-13-12/h3-4,7-8,15H,2,5-6,9-11H2,1H3. The van der Waals surface area contributed by atoms with E-state index in [1.165, 1.54) is 0 Å². The minimum atomic E-state index is 0.293. The van der Waals surface area contributed by atoms with Crippen molar-refractivity contribution in [3.8, 4) is 0 Å². The first kappa shape index (κ1) is 12.1. The molecular formula is C12H20N2O. The normalized spacial score (nSPS) is 10.9. The van der Waals surface area contributed by atoms with Crippen molar-refractivity contribution in [1.29, 1.82) is 0 Å². The van der Waals surface area contributed by atoms with Crippen LogP contribution in [0.1, 0.15) is 25.5 Å². The predicted molar refractivity (Wildman–Crippen MR) is 61.5 cm³/mol. The van der Waals surface area contributed by atoms with Crippen molar-refractivity contribution in [3.05, 3.63) is 30.1 Å². The maximum Gasteiger partial charge on any atom is 0.0543 e. The van der Waals surface area contributed by atoms with Gasteiger partial charge in [0.15, 0.2) is 0 Å².